The summed E-state index contributed by atoms with van der Waals surface area (Å²) in [7, 11) is 3.27. The molecule has 0 aliphatic rings. The van der Waals surface area contributed by atoms with Gasteiger partial charge in [0.25, 0.3) is 0 Å². The van der Waals surface area contributed by atoms with Crippen LogP contribution in [0.2, 0.25) is 0 Å². The largest absolute Gasteiger partial charge is 0.496 e. The molecule has 4 aromatic rings. The Morgan fingerprint density at radius 1 is 0.970 bits per heavy atom. The van der Waals surface area contributed by atoms with Gasteiger partial charge in [-0.15, -0.1) is 0 Å². The van der Waals surface area contributed by atoms with Crippen LogP contribution in [-0.4, -0.2) is 26.9 Å². The lowest BCUT2D eigenvalue weighted by Crippen LogP contribution is -2.23. The summed E-state index contributed by atoms with van der Waals surface area (Å²) < 4.78 is 14.3. The molecule has 0 N–H and O–H groups in total. The number of hydrogen-bond donors (Lipinski definition) is 0. The molecule has 4 rings (SSSR count). The van der Waals surface area contributed by atoms with Crippen molar-refractivity contribution in [3.05, 3.63) is 87.8 Å². The summed E-state index contributed by atoms with van der Waals surface area (Å²) >= 11 is 0. The summed E-state index contributed by atoms with van der Waals surface area (Å²) in [5.41, 5.74) is 5.62. The Hall–Kier alpha value is -3.87. The number of nitrogens with zero attached hydrogens (tertiary/aromatic N) is 4. The second kappa shape index (κ2) is 9.32. The summed E-state index contributed by atoms with van der Waals surface area (Å²) in [5, 5.41) is 7.82. The molecule has 3 aromatic carbocycles. The van der Waals surface area contributed by atoms with Crippen LogP contribution in [0.25, 0.3) is 16.8 Å². The number of para-hydroxylation sites is 1. The van der Waals surface area contributed by atoms with Crippen molar-refractivity contribution in [2.24, 2.45) is 7.05 Å². The first-order chi connectivity index (χ1) is 15.9. The third-order valence-electron chi connectivity index (χ3n) is 5.76. The van der Waals surface area contributed by atoms with Gasteiger partial charge in [0, 0.05) is 18.2 Å². The van der Waals surface area contributed by atoms with Gasteiger partial charge in [0.1, 0.15) is 18.1 Å². The Kier molecular flexibility index (Phi) is 6.31. The molecular weight excluding hydrogens is 416 g/mol. The molecule has 0 unspecified atom stereocenters. The predicted molar refractivity (Wildman–Crippen MR) is 128 cm³/mol. The highest BCUT2D eigenvalue weighted by Crippen LogP contribution is 2.37. The van der Waals surface area contributed by atoms with Crippen molar-refractivity contribution < 1.29 is 9.47 Å². The van der Waals surface area contributed by atoms with Crippen LogP contribution < -0.4 is 15.2 Å². The molecule has 0 spiro atoms. The molecule has 0 bridgehead atoms. The summed E-state index contributed by atoms with van der Waals surface area (Å²) in [6.45, 7) is 6.63. The van der Waals surface area contributed by atoms with E-state index in [1.54, 1.807) is 14.2 Å². The summed E-state index contributed by atoms with van der Waals surface area (Å²) in [4.78, 5) is 12.4. The minimum Gasteiger partial charge on any atom is -0.496 e. The normalized spacial score (nSPS) is 11.1. The third kappa shape index (κ3) is 4.39. The number of aryl methyl sites for hydroxylation is 2. The van der Waals surface area contributed by atoms with E-state index in [-0.39, 0.29) is 5.69 Å². The van der Waals surface area contributed by atoms with Crippen LogP contribution in [0.4, 0.5) is 0 Å². The molecule has 0 saturated heterocycles. The number of rotatable bonds is 7. The fourth-order valence-electron chi connectivity index (χ4n) is 3.91. The van der Waals surface area contributed by atoms with Gasteiger partial charge in [-0.2, -0.15) is 9.36 Å². The molecule has 0 radical (unpaired) electrons. The third-order valence-corrected chi connectivity index (χ3v) is 5.76. The maximum Gasteiger partial charge on any atom is 0.368 e. The van der Waals surface area contributed by atoms with E-state index in [1.807, 2.05) is 49.4 Å². The molecule has 170 valence electrons. The van der Waals surface area contributed by atoms with E-state index in [4.69, 9.17) is 9.47 Å². The van der Waals surface area contributed by atoms with Crippen LogP contribution in [0.3, 0.4) is 0 Å². The number of hydrogen-bond acceptors (Lipinski definition) is 5. The Bertz CT molecular complexity index is 1340. The minimum absolute atomic E-state index is 0.292. The van der Waals surface area contributed by atoms with Crippen molar-refractivity contribution in [3.8, 4) is 28.3 Å². The molecule has 7 heteroatoms. The zero-order valence-electron chi connectivity index (χ0n) is 19.6. The second-order valence-corrected chi connectivity index (χ2v) is 8.26. The number of benzene rings is 3. The fraction of sp³-hybridized carbons (Fsp3) is 0.269. The van der Waals surface area contributed by atoms with Crippen molar-refractivity contribution in [3.63, 3.8) is 0 Å². The van der Waals surface area contributed by atoms with E-state index < -0.39 is 0 Å². The van der Waals surface area contributed by atoms with Gasteiger partial charge in [0.2, 0.25) is 0 Å². The van der Waals surface area contributed by atoms with Gasteiger partial charge in [0.05, 0.1) is 12.8 Å². The maximum absolute atomic E-state index is 12.4. The summed E-state index contributed by atoms with van der Waals surface area (Å²) in [5.74, 6) is 1.89. The Labute approximate surface area is 193 Å². The molecule has 1 heterocycles. The lowest BCUT2D eigenvalue weighted by Gasteiger charge is -2.18. The summed E-state index contributed by atoms with van der Waals surface area (Å²) in [6, 6.07) is 19.9. The first kappa shape index (κ1) is 22.3. The van der Waals surface area contributed by atoms with Crippen molar-refractivity contribution in [1.29, 1.82) is 0 Å². The SMILES string of the molecule is COc1ccccc1-c1ccc(OCc2c(C)cccc2-n2nnn(C)c2=O)cc1C(C)C. The predicted octanol–water partition coefficient (Wildman–Crippen LogP) is 4.65. The van der Waals surface area contributed by atoms with Crippen molar-refractivity contribution >= 4 is 0 Å². The van der Waals surface area contributed by atoms with E-state index in [0.717, 1.165) is 33.8 Å². The van der Waals surface area contributed by atoms with Gasteiger partial charge in [-0.1, -0.05) is 50.2 Å². The van der Waals surface area contributed by atoms with Gasteiger partial charge in [-0.05, 0) is 64.2 Å². The van der Waals surface area contributed by atoms with Gasteiger partial charge in [-0.25, -0.2) is 4.79 Å². The second-order valence-electron chi connectivity index (χ2n) is 8.26. The topological polar surface area (TPSA) is 71.2 Å². The first-order valence-corrected chi connectivity index (χ1v) is 10.9. The lowest BCUT2D eigenvalue weighted by atomic mass is 9.92. The number of tetrazole rings is 1. The van der Waals surface area contributed by atoms with Gasteiger partial charge < -0.3 is 9.47 Å². The molecule has 0 amide bonds. The van der Waals surface area contributed by atoms with E-state index in [2.05, 4.69) is 42.5 Å². The van der Waals surface area contributed by atoms with Crippen LogP contribution in [-0.2, 0) is 13.7 Å². The average molecular weight is 445 g/mol. The highest BCUT2D eigenvalue weighted by molar-refractivity contribution is 5.74. The molecule has 0 saturated carbocycles. The number of aromatic nitrogens is 4. The van der Waals surface area contributed by atoms with Gasteiger partial charge in [0.15, 0.2) is 0 Å². The highest BCUT2D eigenvalue weighted by atomic mass is 16.5. The quantitative estimate of drug-likeness (QED) is 0.415. The monoisotopic (exact) mass is 444 g/mol. The van der Waals surface area contributed by atoms with E-state index in [0.29, 0.717) is 18.2 Å². The molecule has 0 fully saturated rings. The fourth-order valence-corrected chi connectivity index (χ4v) is 3.91. The first-order valence-electron chi connectivity index (χ1n) is 10.9. The van der Waals surface area contributed by atoms with Crippen molar-refractivity contribution in [2.45, 2.75) is 33.3 Å². The molecule has 0 aliphatic heterocycles. The lowest BCUT2D eigenvalue weighted by molar-refractivity contribution is 0.304. The molecule has 7 nitrogen and oxygen atoms in total. The van der Waals surface area contributed by atoms with Gasteiger partial charge >= 0.3 is 5.69 Å². The molecule has 0 atom stereocenters. The maximum atomic E-state index is 12.4. The Morgan fingerprint density at radius 3 is 2.45 bits per heavy atom. The van der Waals surface area contributed by atoms with Crippen LogP contribution >= 0.6 is 0 Å². The smallest absolute Gasteiger partial charge is 0.368 e. The van der Waals surface area contributed by atoms with E-state index in [9.17, 15) is 4.79 Å². The van der Waals surface area contributed by atoms with Crippen LogP contribution in [0.5, 0.6) is 11.5 Å². The van der Waals surface area contributed by atoms with E-state index >= 15 is 0 Å². The zero-order valence-corrected chi connectivity index (χ0v) is 19.6. The zero-order chi connectivity index (χ0) is 23.5. The summed E-state index contributed by atoms with van der Waals surface area (Å²) in [6.07, 6.45) is 0. The number of ether oxygens (including phenoxy) is 2. The Morgan fingerprint density at radius 2 is 1.76 bits per heavy atom. The standard InChI is InChI=1S/C26H28N4O3/c1-17(2)22-15-19(13-14-20(22)21-10-6-7-12-25(21)32-5)33-16-23-18(3)9-8-11-24(23)30-26(31)29(4)27-28-30/h6-15,17H,16H2,1-5H3. The Balaban J connectivity index is 1.67. The molecule has 33 heavy (non-hydrogen) atoms. The minimum atomic E-state index is -0.301. The average Bonchev–Trinajstić information content (AvgIpc) is 3.15. The van der Waals surface area contributed by atoms with E-state index in [1.165, 1.54) is 14.9 Å². The number of methoxy groups -OCH3 is 1. The van der Waals surface area contributed by atoms with Crippen molar-refractivity contribution in [2.75, 3.05) is 7.11 Å². The highest BCUT2D eigenvalue weighted by Gasteiger charge is 2.16. The van der Waals surface area contributed by atoms with Crippen LogP contribution in [0.1, 0.15) is 36.5 Å². The molecule has 1 aromatic heterocycles. The van der Waals surface area contributed by atoms with Gasteiger partial charge in [-0.3, -0.25) is 0 Å². The van der Waals surface area contributed by atoms with Crippen LogP contribution in [0.15, 0.2) is 65.5 Å². The molecule has 0 aliphatic carbocycles. The van der Waals surface area contributed by atoms with Crippen molar-refractivity contribution in [1.82, 2.24) is 19.8 Å². The van der Waals surface area contributed by atoms with Crippen LogP contribution in [0, 0.1) is 6.92 Å². The molecular formula is C26H28N4O3.